The Balaban J connectivity index is 3.27. The Morgan fingerprint density at radius 3 is 2.50 bits per heavy atom. The van der Waals surface area contributed by atoms with Crippen LogP contribution in [0.1, 0.15) is 23.4 Å². The van der Waals surface area contributed by atoms with Gasteiger partial charge in [0.05, 0.1) is 18.2 Å². The second kappa shape index (κ2) is 5.16. The van der Waals surface area contributed by atoms with E-state index in [4.69, 9.17) is 5.26 Å². The van der Waals surface area contributed by atoms with Crippen molar-refractivity contribution >= 4 is 0 Å². The van der Waals surface area contributed by atoms with Crippen molar-refractivity contribution in [3.63, 3.8) is 0 Å². The monoisotopic (exact) mass is 266 g/mol. The molecule has 0 N–H and O–H groups in total. The van der Waals surface area contributed by atoms with Crippen LogP contribution in [0.5, 0.6) is 5.75 Å². The van der Waals surface area contributed by atoms with Crippen LogP contribution in [0.4, 0.5) is 22.0 Å². The highest BCUT2D eigenvalue weighted by Crippen LogP contribution is 2.32. The summed E-state index contributed by atoms with van der Waals surface area (Å²) in [5.41, 5.74) is -1.41. The van der Waals surface area contributed by atoms with Gasteiger partial charge in [0.25, 0.3) is 6.43 Å². The minimum absolute atomic E-state index is 0.197. The third-order valence-electron chi connectivity index (χ3n) is 2.01. The normalized spacial score (nSPS) is 11.4. The SMILES string of the molecule is Cc1c(OC(F)(F)F)cc(CC#N)nc1C(F)F. The van der Waals surface area contributed by atoms with E-state index in [1.54, 1.807) is 6.07 Å². The fourth-order valence-corrected chi connectivity index (χ4v) is 1.27. The third kappa shape index (κ3) is 3.55. The van der Waals surface area contributed by atoms with Crippen molar-refractivity contribution < 1.29 is 26.7 Å². The first kappa shape index (κ1) is 14.2. The number of aromatic nitrogens is 1. The van der Waals surface area contributed by atoms with E-state index >= 15 is 0 Å². The Labute approximate surface area is 98.8 Å². The molecule has 1 heterocycles. The van der Waals surface area contributed by atoms with Crippen molar-refractivity contribution in [3.05, 3.63) is 23.0 Å². The molecule has 0 aliphatic rings. The van der Waals surface area contributed by atoms with E-state index < -0.39 is 29.8 Å². The number of alkyl halides is 5. The van der Waals surface area contributed by atoms with Crippen LogP contribution >= 0.6 is 0 Å². The van der Waals surface area contributed by atoms with Crippen LogP contribution in [0, 0.1) is 18.3 Å². The molecule has 1 aromatic heterocycles. The molecule has 0 amide bonds. The Kier molecular flexibility index (Phi) is 4.06. The van der Waals surface area contributed by atoms with Crippen molar-refractivity contribution in [2.45, 2.75) is 26.1 Å². The van der Waals surface area contributed by atoms with Crippen LogP contribution in [-0.2, 0) is 6.42 Å². The molecule has 0 aromatic carbocycles. The van der Waals surface area contributed by atoms with Gasteiger partial charge in [-0.25, -0.2) is 8.78 Å². The standard InChI is InChI=1S/C10H7F5N2O/c1-5-7(18-10(13,14)15)4-6(2-3-16)17-8(5)9(11)12/h4,9H,2H2,1H3. The quantitative estimate of drug-likeness (QED) is 0.788. The third-order valence-corrected chi connectivity index (χ3v) is 2.01. The van der Waals surface area contributed by atoms with Crippen molar-refractivity contribution in [2.75, 3.05) is 0 Å². The Bertz CT molecular complexity index is 478. The van der Waals surface area contributed by atoms with E-state index in [0.717, 1.165) is 13.0 Å². The minimum Gasteiger partial charge on any atom is -0.405 e. The summed E-state index contributed by atoms with van der Waals surface area (Å²) in [5, 5.41) is 8.40. The fourth-order valence-electron chi connectivity index (χ4n) is 1.27. The zero-order valence-electron chi connectivity index (χ0n) is 9.05. The average Bonchev–Trinajstić information content (AvgIpc) is 2.20. The predicted molar refractivity (Wildman–Crippen MR) is 49.9 cm³/mol. The van der Waals surface area contributed by atoms with Gasteiger partial charge in [0.1, 0.15) is 11.4 Å². The van der Waals surface area contributed by atoms with Crippen LogP contribution in [0.3, 0.4) is 0 Å². The summed E-state index contributed by atoms with van der Waals surface area (Å²) in [6, 6.07) is 2.45. The summed E-state index contributed by atoms with van der Waals surface area (Å²) < 4.78 is 65.0. The molecular weight excluding hydrogens is 259 g/mol. The highest BCUT2D eigenvalue weighted by Gasteiger charge is 2.33. The van der Waals surface area contributed by atoms with Gasteiger partial charge in [0, 0.05) is 11.6 Å². The summed E-state index contributed by atoms with van der Waals surface area (Å²) in [5.74, 6) is -0.766. The minimum atomic E-state index is -4.99. The van der Waals surface area contributed by atoms with Gasteiger partial charge in [0.15, 0.2) is 0 Å². The molecule has 18 heavy (non-hydrogen) atoms. The molecular formula is C10H7F5N2O. The van der Waals surface area contributed by atoms with Crippen molar-refractivity contribution in [3.8, 4) is 11.8 Å². The second-order valence-electron chi connectivity index (χ2n) is 3.31. The molecule has 0 saturated carbocycles. The van der Waals surface area contributed by atoms with E-state index in [1.165, 1.54) is 0 Å². The Morgan fingerprint density at radius 1 is 1.44 bits per heavy atom. The van der Waals surface area contributed by atoms with E-state index in [-0.39, 0.29) is 12.1 Å². The summed E-state index contributed by atoms with van der Waals surface area (Å²) in [4.78, 5) is 3.43. The van der Waals surface area contributed by atoms with Gasteiger partial charge in [-0.1, -0.05) is 0 Å². The Morgan fingerprint density at radius 2 is 2.06 bits per heavy atom. The van der Waals surface area contributed by atoms with Gasteiger partial charge in [0.2, 0.25) is 0 Å². The first-order valence-electron chi connectivity index (χ1n) is 4.66. The van der Waals surface area contributed by atoms with Crippen molar-refractivity contribution in [2.24, 2.45) is 0 Å². The van der Waals surface area contributed by atoms with Crippen molar-refractivity contribution in [1.29, 1.82) is 5.26 Å². The van der Waals surface area contributed by atoms with Crippen LogP contribution < -0.4 is 4.74 Å². The molecule has 0 unspecified atom stereocenters. The molecule has 0 bridgehead atoms. The zero-order chi connectivity index (χ0) is 13.9. The van der Waals surface area contributed by atoms with Crippen LogP contribution in [0.2, 0.25) is 0 Å². The number of hydrogen-bond donors (Lipinski definition) is 0. The molecule has 0 fully saturated rings. The van der Waals surface area contributed by atoms with Crippen LogP contribution in [0.25, 0.3) is 0 Å². The predicted octanol–water partition coefficient (Wildman–Crippen LogP) is 3.29. The number of rotatable bonds is 3. The number of ether oxygens (including phenoxy) is 1. The molecule has 0 aliphatic heterocycles. The number of nitriles is 1. The van der Waals surface area contributed by atoms with E-state index in [2.05, 4.69) is 9.72 Å². The van der Waals surface area contributed by atoms with E-state index in [1.807, 2.05) is 0 Å². The lowest BCUT2D eigenvalue weighted by Gasteiger charge is -2.14. The largest absolute Gasteiger partial charge is 0.573 e. The van der Waals surface area contributed by atoms with Crippen molar-refractivity contribution in [1.82, 2.24) is 4.98 Å². The molecule has 1 rings (SSSR count). The maximum atomic E-state index is 12.6. The average molecular weight is 266 g/mol. The lowest BCUT2D eigenvalue weighted by molar-refractivity contribution is -0.274. The van der Waals surface area contributed by atoms with Crippen LogP contribution in [-0.4, -0.2) is 11.3 Å². The first-order valence-corrected chi connectivity index (χ1v) is 4.66. The molecule has 0 saturated heterocycles. The van der Waals surface area contributed by atoms with E-state index in [0.29, 0.717) is 0 Å². The van der Waals surface area contributed by atoms with Gasteiger partial charge in [-0.05, 0) is 6.92 Å². The summed E-state index contributed by atoms with van der Waals surface area (Å²) in [6.07, 6.45) is -8.41. The number of nitrogens with zero attached hydrogens (tertiary/aromatic N) is 2. The number of hydrogen-bond acceptors (Lipinski definition) is 3. The van der Waals surface area contributed by atoms with Gasteiger partial charge in [-0.15, -0.1) is 13.2 Å². The number of pyridine rings is 1. The molecule has 8 heteroatoms. The first-order chi connectivity index (χ1) is 8.24. The molecule has 1 aromatic rings. The maximum absolute atomic E-state index is 12.6. The van der Waals surface area contributed by atoms with Gasteiger partial charge >= 0.3 is 6.36 Å². The van der Waals surface area contributed by atoms with E-state index in [9.17, 15) is 22.0 Å². The maximum Gasteiger partial charge on any atom is 0.573 e. The zero-order valence-corrected chi connectivity index (χ0v) is 9.05. The molecule has 0 radical (unpaired) electrons. The molecule has 0 aliphatic carbocycles. The molecule has 98 valence electrons. The van der Waals surface area contributed by atoms with Gasteiger partial charge in [-0.3, -0.25) is 4.98 Å². The summed E-state index contributed by atoms with van der Waals surface area (Å²) >= 11 is 0. The smallest absolute Gasteiger partial charge is 0.405 e. The highest BCUT2D eigenvalue weighted by atomic mass is 19.4. The summed E-state index contributed by atoms with van der Waals surface area (Å²) in [6.45, 7) is 1.05. The lowest BCUT2D eigenvalue weighted by atomic mass is 10.1. The molecule has 3 nitrogen and oxygen atoms in total. The topological polar surface area (TPSA) is 45.9 Å². The molecule has 0 spiro atoms. The second-order valence-corrected chi connectivity index (χ2v) is 3.31. The van der Waals surface area contributed by atoms with Crippen LogP contribution in [0.15, 0.2) is 6.07 Å². The number of halogens is 5. The molecule has 0 atom stereocenters. The van der Waals surface area contributed by atoms with Gasteiger partial charge < -0.3 is 4.74 Å². The van der Waals surface area contributed by atoms with Gasteiger partial charge in [-0.2, -0.15) is 5.26 Å². The summed E-state index contributed by atoms with van der Waals surface area (Å²) in [7, 11) is 0. The lowest BCUT2D eigenvalue weighted by Crippen LogP contribution is -2.19. The fraction of sp³-hybridized carbons (Fsp3) is 0.400. The Hall–Kier alpha value is -1.91. The highest BCUT2D eigenvalue weighted by molar-refractivity contribution is 5.38.